The van der Waals surface area contributed by atoms with E-state index in [1.807, 2.05) is 0 Å². The number of alkyl halides is 9. The van der Waals surface area contributed by atoms with Gasteiger partial charge in [-0.05, 0) is 96.3 Å². The molecule has 0 amide bonds. The lowest BCUT2D eigenvalue weighted by atomic mass is 9.70. The number of carbonyl (C=O) groups is 3. The van der Waals surface area contributed by atoms with E-state index < -0.39 is 109 Å². The van der Waals surface area contributed by atoms with Crippen LogP contribution in [0.4, 0.5) is 39.5 Å². The molecule has 0 aromatic heterocycles. The molecule has 11 atom stereocenters. The van der Waals surface area contributed by atoms with Crippen LogP contribution in [0, 0.1) is 41.4 Å². The summed E-state index contributed by atoms with van der Waals surface area (Å²) in [6, 6.07) is 0. The number of ketones is 3. The first kappa shape index (κ1) is 43.8. The van der Waals surface area contributed by atoms with Gasteiger partial charge in [0.05, 0.1) is 42.4 Å². The van der Waals surface area contributed by atoms with E-state index in [4.69, 9.17) is 14.2 Å². The SMILES string of the molecule is COC1CCC(C(=O)C2CC(OC3CCC(C(=O)C4C(F)C(F)C(C)C(F)C4F)CC3)CC(OC3CCC(C(=O)C4C(F)C(F)C(F)C(F)C4F)CC3)C2)CC1. The van der Waals surface area contributed by atoms with Crippen molar-refractivity contribution in [2.75, 3.05) is 7.11 Å². The van der Waals surface area contributed by atoms with Crippen molar-refractivity contribution < 1.29 is 68.1 Å². The summed E-state index contributed by atoms with van der Waals surface area (Å²) in [5.41, 5.74) is 0. The van der Waals surface area contributed by atoms with Crippen LogP contribution in [0.1, 0.15) is 103 Å². The summed E-state index contributed by atoms with van der Waals surface area (Å²) < 4.78 is 148. The third-order valence-corrected chi connectivity index (χ3v) is 14.2. The van der Waals surface area contributed by atoms with E-state index in [1.165, 1.54) is 0 Å². The van der Waals surface area contributed by atoms with Crippen molar-refractivity contribution in [3.63, 3.8) is 0 Å². The zero-order chi connectivity index (χ0) is 40.6. The molecule has 0 aromatic rings. The molecule has 320 valence electrons. The van der Waals surface area contributed by atoms with Gasteiger partial charge < -0.3 is 14.2 Å². The molecule has 0 spiro atoms. The maximum Gasteiger partial charge on any atom is 0.168 e. The van der Waals surface area contributed by atoms with Crippen LogP contribution in [0.3, 0.4) is 0 Å². The average molecular weight is 817 g/mol. The molecule has 11 unspecified atom stereocenters. The fourth-order valence-electron chi connectivity index (χ4n) is 10.7. The van der Waals surface area contributed by atoms with Gasteiger partial charge in [-0.1, -0.05) is 6.92 Å². The van der Waals surface area contributed by atoms with Gasteiger partial charge in [0.2, 0.25) is 0 Å². The highest BCUT2D eigenvalue weighted by atomic mass is 19.2. The van der Waals surface area contributed by atoms with Gasteiger partial charge in [-0.3, -0.25) is 14.4 Å². The highest BCUT2D eigenvalue weighted by molar-refractivity contribution is 5.86. The van der Waals surface area contributed by atoms with Crippen molar-refractivity contribution >= 4 is 17.3 Å². The molecular formula is C41H57F9O6. The Morgan fingerprint density at radius 2 is 0.696 bits per heavy atom. The number of Topliss-reactive ketones (excluding diaryl/α,β-unsaturated/α-hetero) is 3. The molecule has 6 rings (SSSR count). The Hall–Kier alpha value is -1.74. The standard InChI is InChI=1S/C41H57F9O6/c1-18-30(42)32(44)28(33(45)31(18)43)40(52)20-5-11-24(12-6-20)55-26-15-22(39(51)19-3-9-23(54-2)10-4-19)16-27(17-26)56-25-13-7-21(8-14-25)41(53)29-34(46)36(48)38(50)37(49)35(29)47/h18-38H,3-17H2,1-2H3. The van der Waals surface area contributed by atoms with Crippen LogP contribution in [0.15, 0.2) is 0 Å². The molecule has 6 aliphatic carbocycles. The number of carbonyl (C=O) groups excluding carboxylic acids is 3. The molecule has 6 aliphatic rings. The van der Waals surface area contributed by atoms with Gasteiger partial charge in [0, 0.05) is 36.7 Å². The molecule has 0 N–H and O–H groups in total. The molecule has 0 saturated heterocycles. The van der Waals surface area contributed by atoms with Crippen LogP contribution in [-0.4, -0.2) is 111 Å². The van der Waals surface area contributed by atoms with E-state index in [0.29, 0.717) is 57.8 Å². The lowest BCUT2D eigenvalue weighted by Crippen LogP contribution is -2.56. The summed E-state index contributed by atoms with van der Waals surface area (Å²) in [4.78, 5) is 40.2. The number of ether oxygens (including phenoxy) is 3. The van der Waals surface area contributed by atoms with Gasteiger partial charge in [-0.15, -0.1) is 0 Å². The summed E-state index contributed by atoms with van der Waals surface area (Å²) in [6.45, 7) is 1.10. The zero-order valence-electron chi connectivity index (χ0n) is 32.1. The molecule has 0 aromatic carbocycles. The summed E-state index contributed by atoms with van der Waals surface area (Å²) in [6.07, 6.45) is -18.6. The Morgan fingerprint density at radius 1 is 0.375 bits per heavy atom. The predicted octanol–water partition coefficient (Wildman–Crippen LogP) is 8.53. The third kappa shape index (κ3) is 9.19. The first-order chi connectivity index (χ1) is 26.6. The zero-order valence-corrected chi connectivity index (χ0v) is 32.1. The average Bonchev–Trinajstić information content (AvgIpc) is 3.21. The normalized spacial score (nSPS) is 49.2. The first-order valence-electron chi connectivity index (χ1n) is 20.8. The van der Waals surface area contributed by atoms with Crippen LogP contribution in [0.25, 0.3) is 0 Å². The number of methoxy groups -OCH3 is 1. The molecule has 6 nitrogen and oxygen atoms in total. The summed E-state index contributed by atoms with van der Waals surface area (Å²) >= 11 is 0. The van der Waals surface area contributed by atoms with Gasteiger partial charge in [0.25, 0.3) is 0 Å². The van der Waals surface area contributed by atoms with Gasteiger partial charge in [-0.2, -0.15) is 0 Å². The van der Waals surface area contributed by atoms with E-state index in [1.54, 1.807) is 7.11 Å². The van der Waals surface area contributed by atoms with E-state index in [0.717, 1.165) is 19.8 Å². The molecule has 15 heteroatoms. The van der Waals surface area contributed by atoms with E-state index in [-0.39, 0.29) is 61.6 Å². The molecule has 6 saturated carbocycles. The molecule has 0 aliphatic heterocycles. The van der Waals surface area contributed by atoms with Crippen molar-refractivity contribution in [1.29, 1.82) is 0 Å². The highest BCUT2D eigenvalue weighted by Gasteiger charge is 2.57. The summed E-state index contributed by atoms with van der Waals surface area (Å²) in [5.74, 6) is -9.42. The monoisotopic (exact) mass is 816 g/mol. The van der Waals surface area contributed by atoms with Gasteiger partial charge in [0.15, 0.2) is 18.5 Å². The van der Waals surface area contributed by atoms with Crippen LogP contribution in [-0.2, 0) is 28.6 Å². The van der Waals surface area contributed by atoms with Crippen LogP contribution >= 0.6 is 0 Å². The van der Waals surface area contributed by atoms with Crippen LogP contribution < -0.4 is 0 Å². The topological polar surface area (TPSA) is 78.9 Å². The number of halogens is 9. The van der Waals surface area contributed by atoms with E-state index in [9.17, 15) is 53.9 Å². The molecule has 0 bridgehead atoms. The number of hydrogen-bond acceptors (Lipinski definition) is 6. The lowest BCUT2D eigenvalue weighted by molar-refractivity contribution is -0.152. The summed E-state index contributed by atoms with van der Waals surface area (Å²) in [7, 11) is 1.65. The minimum Gasteiger partial charge on any atom is -0.381 e. The smallest absolute Gasteiger partial charge is 0.168 e. The Balaban J connectivity index is 1.05. The largest absolute Gasteiger partial charge is 0.381 e. The van der Waals surface area contributed by atoms with Crippen molar-refractivity contribution in [1.82, 2.24) is 0 Å². The third-order valence-electron chi connectivity index (χ3n) is 14.2. The van der Waals surface area contributed by atoms with E-state index in [2.05, 4.69) is 0 Å². The van der Waals surface area contributed by atoms with Crippen LogP contribution in [0.2, 0.25) is 0 Å². The van der Waals surface area contributed by atoms with Crippen LogP contribution in [0.5, 0.6) is 0 Å². The van der Waals surface area contributed by atoms with Crippen molar-refractivity contribution in [2.24, 2.45) is 41.4 Å². The van der Waals surface area contributed by atoms with Gasteiger partial charge in [-0.25, -0.2) is 39.5 Å². The number of hydrogen-bond donors (Lipinski definition) is 0. The maximum atomic E-state index is 14.8. The Bertz CT molecular complexity index is 1230. The Kier molecular flexibility index (Phi) is 14.6. The molecular weight excluding hydrogens is 759 g/mol. The van der Waals surface area contributed by atoms with Gasteiger partial charge in [0.1, 0.15) is 54.4 Å². The Morgan fingerprint density at radius 3 is 1.07 bits per heavy atom. The fraction of sp³-hybridized carbons (Fsp3) is 0.927. The minimum absolute atomic E-state index is 0.105. The first-order valence-corrected chi connectivity index (χ1v) is 20.8. The Labute approximate surface area is 323 Å². The van der Waals surface area contributed by atoms with E-state index >= 15 is 0 Å². The molecule has 56 heavy (non-hydrogen) atoms. The van der Waals surface area contributed by atoms with Gasteiger partial charge >= 0.3 is 0 Å². The van der Waals surface area contributed by atoms with Crippen molar-refractivity contribution in [2.45, 2.75) is 189 Å². The quantitative estimate of drug-likeness (QED) is 0.195. The second kappa shape index (κ2) is 18.7. The second-order valence-electron chi connectivity index (χ2n) is 17.7. The second-order valence-corrected chi connectivity index (χ2v) is 17.7. The molecule has 0 radical (unpaired) electrons. The lowest BCUT2D eigenvalue weighted by Gasteiger charge is -2.42. The minimum atomic E-state index is -2.98. The highest BCUT2D eigenvalue weighted by Crippen LogP contribution is 2.44. The number of rotatable bonds is 11. The van der Waals surface area contributed by atoms with Crippen molar-refractivity contribution in [3.8, 4) is 0 Å². The van der Waals surface area contributed by atoms with Crippen molar-refractivity contribution in [3.05, 3.63) is 0 Å². The molecule has 6 fully saturated rings. The predicted molar refractivity (Wildman–Crippen MR) is 187 cm³/mol. The fourth-order valence-corrected chi connectivity index (χ4v) is 10.7. The summed E-state index contributed by atoms with van der Waals surface area (Å²) in [5, 5.41) is 0. The maximum absolute atomic E-state index is 14.8. The molecule has 0 heterocycles.